The summed E-state index contributed by atoms with van der Waals surface area (Å²) in [6, 6.07) is 11.5. The number of methoxy groups -OCH3 is 1. The number of rotatable bonds is 5. The van der Waals surface area contributed by atoms with Gasteiger partial charge in [-0.15, -0.1) is 16.4 Å². The number of piperazine rings is 1. The summed E-state index contributed by atoms with van der Waals surface area (Å²) in [5.41, 5.74) is 2.14. The van der Waals surface area contributed by atoms with Crippen molar-refractivity contribution in [2.75, 3.05) is 38.2 Å². The van der Waals surface area contributed by atoms with Crippen molar-refractivity contribution in [3.63, 3.8) is 0 Å². The van der Waals surface area contributed by atoms with E-state index >= 15 is 0 Å². The smallest absolute Gasteiger partial charge is 0.227 e. The molecule has 31 heavy (non-hydrogen) atoms. The van der Waals surface area contributed by atoms with Gasteiger partial charge >= 0.3 is 0 Å². The maximum absolute atomic E-state index is 12.6. The molecule has 0 spiro atoms. The van der Waals surface area contributed by atoms with Gasteiger partial charge in [-0.3, -0.25) is 4.79 Å². The van der Waals surface area contributed by atoms with Crippen LogP contribution in [-0.2, 0) is 11.2 Å². The summed E-state index contributed by atoms with van der Waals surface area (Å²) in [5, 5.41) is 10.6. The van der Waals surface area contributed by atoms with Gasteiger partial charge in [0.1, 0.15) is 12.1 Å². The topological polar surface area (TPSA) is 89.3 Å². The zero-order chi connectivity index (χ0) is 21.2. The van der Waals surface area contributed by atoms with Gasteiger partial charge in [-0.1, -0.05) is 11.3 Å². The third kappa shape index (κ3) is 3.81. The first-order valence-corrected chi connectivity index (χ1v) is 10.9. The number of hydrogen-bond acceptors (Lipinski definition) is 8. The zero-order valence-corrected chi connectivity index (χ0v) is 17.8. The number of thiophene rings is 1. The van der Waals surface area contributed by atoms with Crippen LogP contribution >= 0.6 is 11.3 Å². The maximum atomic E-state index is 12.6. The van der Waals surface area contributed by atoms with Gasteiger partial charge in [0.05, 0.1) is 19.2 Å². The average Bonchev–Trinajstić information content (AvgIpc) is 3.49. The van der Waals surface area contributed by atoms with E-state index < -0.39 is 0 Å². The van der Waals surface area contributed by atoms with E-state index in [9.17, 15) is 4.79 Å². The highest BCUT2D eigenvalue weighted by molar-refractivity contribution is 7.10. The van der Waals surface area contributed by atoms with Gasteiger partial charge in [-0.2, -0.15) is 4.68 Å². The van der Waals surface area contributed by atoms with Crippen molar-refractivity contribution in [1.82, 2.24) is 29.9 Å². The second-order valence-corrected chi connectivity index (χ2v) is 8.22. The largest absolute Gasteiger partial charge is 0.497 e. The van der Waals surface area contributed by atoms with Crippen LogP contribution in [-0.4, -0.2) is 69.1 Å². The molecule has 0 bridgehead atoms. The molecule has 1 aromatic carbocycles. The molecule has 1 amide bonds. The molecule has 3 aromatic heterocycles. The number of ether oxygens (including phenoxy) is 1. The minimum Gasteiger partial charge on any atom is -0.497 e. The van der Waals surface area contributed by atoms with Crippen LogP contribution in [0.15, 0.2) is 48.1 Å². The molecule has 1 fully saturated rings. The van der Waals surface area contributed by atoms with E-state index in [-0.39, 0.29) is 5.91 Å². The molecule has 1 saturated heterocycles. The van der Waals surface area contributed by atoms with E-state index in [4.69, 9.17) is 4.74 Å². The molecule has 158 valence electrons. The van der Waals surface area contributed by atoms with Crippen LogP contribution < -0.4 is 9.64 Å². The molecule has 0 N–H and O–H groups in total. The summed E-state index contributed by atoms with van der Waals surface area (Å²) in [7, 11) is 1.63. The van der Waals surface area contributed by atoms with Crippen LogP contribution in [0, 0.1) is 0 Å². The fourth-order valence-electron chi connectivity index (χ4n) is 3.71. The number of benzene rings is 1. The van der Waals surface area contributed by atoms with E-state index in [0.29, 0.717) is 43.8 Å². The van der Waals surface area contributed by atoms with Gasteiger partial charge in [0, 0.05) is 31.1 Å². The van der Waals surface area contributed by atoms with E-state index in [1.807, 2.05) is 46.7 Å². The lowest BCUT2D eigenvalue weighted by atomic mass is 10.2. The van der Waals surface area contributed by atoms with Gasteiger partial charge in [-0.05, 0) is 35.7 Å². The van der Waals surface area contributed by atoms with Crippen molar-refractivity contribution in [3.05, 3.63) is 53.0 Å². The lowest BCUT2D eigenvalue weighted by Crippen LogP contribution is -2.49. The molecule has 0 radical (unpaired) electrons. The Morgan fingerprint density at radius 1 is 1.10 bits per heavy atom. The minimum atomic E-state index is 0.167. The molecular weight excluding hydrogens is 414 g/mol. The fourth-order valence-corrected chi connectivity index (χ4v) is 4.40. The third-order valence-electron chi connectivity index (χ3n) is 5.37. The van der Waals surface area contributed by atoms with E-state index in [0.717, 1.165) is 22.1 Å². The predicted molar refractivity (Wildman–Crippen MR) is 118 cm³/mol. The van der Waals surface area contributed by atoms with Gasteiger partial charge in [-0.25, -0.2) is 9.97 Å². The summed E-state index contributed by atoms with van der Waals surface area (Å²) in [6.07, 6.45) is 2.00. The summed E-state index contributed by atoms with van der Waals surface area (Å²) >= 11 is 1.62. The number of hydrogen-bond donors (Lipinski definition) is 0. The standard InChI is InChI=1S/C21H21N7O2S/c1-30-16-6-4-15(5-7-16)28-21-19(24-25-28)20(22-14-23-21)27-10-8-26(9-11-27)18(29)13-17-3-2-12-31-17/h2-7,12,14H,8-11,13H2,1H3. The predicted octanol–water partition coefficient (Wildman–Crippen LogP) is 2.17. The van der Waals surface area contributed by atoms with Crippen molar-refractivity contribution >= 4 is 34.2 Å². The molecule has 1 aliphatic heterocycles. The van der Waals surface area contributed by atoms with Crippen molar-refractivity contribution in [2.24, 2.45) is 0 Å². The first kappa shape index (κ1) is 19.4. The highest BCUT2D eigenvalue weighted by Crippen LogP contribution is 2.24. The molecule has 4 aromatic rings. The van der Waals surface area contributed by atoms with Gasteiger partial charge in [0.15, 0.2) is 17.0 Å². The molecule has 0 unspecified atom stereocenters. The maximum Gasteiger partial charge on any atom is 0.227 e. The molecule has 10 heteroatoms. The second-order valence-electron chi connectivity index (χ2n) is 7.19. The average molecular weight is 436 g/mol. The zero-order valence-electron chi connectivity index (χ0n) is 17.0. The van der Waals surface area contributed by atoms with Crippen LogP contribution in [0.2, 0.25) is 0 Å². The van der Waals surface area contributed by atoms with Crippen LogP contribution in [0.25, 0.3) is 16.9 Å². The number of aromatic nitrogens is 5. The summed E-state index contributed by atoms with van der Waals surface area (Å²) < 4.78 is 6.92. The van der Waals surface area contributed by atoms with Gasteiger partial charge in [0.2, 0.25) is 5.91 Å². The minimum absolute atomic E-state index is 0.167. The molecule has 1 aliphatic rings. The molecular formula is C21H21N7O2S. The number of carbonyl (C=O) groups is 1. The SMILES string of the molecule is COc1ccc(-n2nnc3c(N4CCN(C(=O)Cc5cccs5)CC4)ncnc32)cc1. The Kier molecular flexibility index (Phi) is 5.21. The summed E-state index contributed by atoms with van der Waals surface area (Å²) in [4.78, 5) is 26.6. The van der Waals surface area contributed by atoms with E-state index in [1.54, 1.807) is 23.1 Å². The van der Waals surface area contributed by atoms with Crippen LogP contribution in [0.3, 0.4) is 0 Å². The Bertz CT molecular complexity index is 1180. The highest BCUT2D eigenvalue weighted by atomic mass is 32.1. The Balaban J connectivity index is 1.33. The number of anilines is 1. The molecule has 9 nitrogen and oxygen atoms in total. The van der Waals surface area contributed by atoms with Crippen molar-refractivity contribution in [3.8, 4) is 11.4 Å². The van der Waals surface area contributed by atoms with Crippen molar-refractivity contribution in [2.45, 2.75) is 6.42 Å². The fraction of sp³-hybridized carbons (Fsp3) is 0.286. The lowest BCUT2D eigenvalue weighted by molar-refractivity contribution is -0.130. The first-order chi connectivity index (χ1) is 15.2. The van der Waals surface area contributed by atoms with Gasteiger partial charge < -0.3 is 14.5 Å². The van der Waals surface area contributed by atoms with Crippen LogP contribution in [0.5, 0.6) is 5.75 Å². The third-order valence-corrected chi connectivity index (χ3v) is 6.25. The number of nitrogens with zero attached hydrogens (tertiary/aromatic N) is 7. The van der Waals surface area contributed by atoms with Crippen LogP contribution in [0.4, 0.5) is 5.82 Å². The summed E-state index contributed by atoms with van der Waals surface area (Å²) in [5.74, 6) is 1.69. The van der Waals surface area contributed by atoms with E-state index in [1.165, 1.54) is 6.33 Å². The second kappa shape index (κ2) is 8.31. The van der Waals surface area contributed by atoms with E-state index in [2.05, 4.69) is 25.2 Å². The molecule has 0 atom stereocenters. The quantitative estimate of drug-likeness (QED) is 0.475. The lowest BCUT2D eigenvalue weighted by Gasteiger charge is -2.35. The normalized spacial score (nSPS) is 14.2. The molecule has 4 heterocycles. The number of amides is 1. The molecule has 0 saturated carbocycles. The van der Waals surface area contributed by atoms with Crippen molar-refractivity contribution < 1.29 is 9.53 Å². The summed E-state index contributed by atoms with van der Waals surface area (Å²) in [6.45, 7) is 2.69. The monoisotopic (exact) mass is 435 g/mol. The van der Waals surface area contributed by atoms with Gasteiger partial charge in [0.25, 0.3) is 0 Å². The molecule has 0 aliphatic carbocycles. The first-order valence-electron chi connectivity index (χ1n) is 9.99. The molecule has 5 rings (SSSR count). The Hall–Kier alpha value is -3.53. The van der Waals surface area contributed by atoms with Crippen molar-refractivity contribution in [1.29, 1.82) is 0 Å². The number of fused-ring (bicyclic) bond motifs is 1. The Morgan fingerprint density at radius 3 is 2.61 bits per heavy atom. The Labute approximate surface area is 182 Å². The highest BCUT2D eigenvalue weighted by Gasteiger charge is 2.25. The number of carbonyl (C=O) groups excluding carboxylic acids is 1. The van der Waals surface area contributed by atoms with Crippen LogP contribution in [0.1, 0.15) is 4.88 Å². The Morgan fingerprint density at radius 2 is 1.90 bits per heavy atom.